The first kappa shape index (κ1) is 13.1. The number of aromatic nitrogens is 2. The van der Waals surface area contributed by atoms with Gasteiger partial charge in [0.2, 0.25) is 0 Å². The Bertz CT molecular complexity index is 564. The lowest BCUT2D eigenvalue weighted by atomic mass is 10.2. The van der Waals surface area contributed by atoms with Crippen molar-refractivity contribution in [1.82, 2.24) is 15.1 Å². The van der Waals surface area contributed by atoms with Crippen molar-refractivity contribution in [1.29, 1.82) is 0 Å². The van der Waals surface area contributed by atoms with Gasteiger partial charge in [0.1, 0.15) is 0 Å². The summed E-state index contributed by atoms with van der Waals surface area (Å²) in [6, 6.07) is 9.05. The zero-order valence-corrected chi connectivity index (χ0v) is 10.8. The van der Waals surface area contributed by atoms with Crippen LogP contribution in [-0.2, 0) is 20.1 Å². The zero-order valence-electron chi connectivity index (χ0n) is 10.8. The van der Waals surface area contributed by atoms with Crippen LogP contribution in [0.15, 0.2) is 36.5 Å². The van der Waals surface area contributed by atoms with Crippen molar-refractivity contribution >= 4 is 11.7 Å². The quantitative estimate of drug-likeness (QED) is 0.771. The van der Waals surface area contributed by atoms with Crippen molar-refractivity contribution in [3.8, 4) is 0 Å². The smallest absolute Gasteiger partial charge is 0.319 e. The number of benzene rings is 1. The Kier molecular flexibility index (Phi) is 4.15. The van der Waals surface area contributed by atoms with Gasteiger partial charge in [-0.2, -0.15) is 5.10 Å². The second kappa shape index (κ2) is 6.01. The van der Waals surface area contributed by atoms with Gasteiger partial charge in [0.05, 0.1) is 12.2 Å². The van der Waals surface area contributed by atoms with E-state index in [1.165, 1.54) is 0 Å². The fourth-order valence-corrected chi connectivity index (χ4v) is 1.70. The average Bonchev–Trinajstić information content (AvgIpc) is 2.82. The average molecular weight is 259 g/mol. The van der Waals surface area contributed by atoms with E-state index >= 15 is 0 Å². The Hall–Kier alpha value is -2.34. The van der Waals surface area contributed by atoms with Crippen molar-refractivity contribution in [3.63, 3.8) is 0 Å². The molecule has 2 rings (SSSR count). The third-order valence-corrected chi connectivity index (χ3v) is 2.77. The highest BCUT2D eigenvalue weighted by atomic mass is 16.2. The van der Waals surface area contributed by atoms with Crippen LogP contribution in [0.3, 0.4) is 0 Å². The minimum absolute atomic E-state index is 0.254. The minimum Gasteiger partial charge on any atom is -0.332 e. The molecule has 0 fully saturated rings. The van der Waals surface area contributed by atoms with Crippen LogP contribution in [0.25, 0.3) is 0 Å². The molecule has 0 radical (unpaired) electrons. The molecule has 6 heteroatoms. The minimum atomic E-state index is -0.254. The summed E-state index contributed by atoms with van der Waals surface area (Å²) < 4.78 is 1.72. The summed E-state index contributed by atoms with van der Waals surface area (Å²) >= 11 is 0. The van der Waals surface area contributed by atoms with E-state index in [1.807, 2.05) is 37.4 Å². The van der Waals surface area contributed by atoms with E-state index in [0.29, 0.717) is 13.1 Å². The third kappa shape index (κ3) is 3.56. The first-order valence-corrected chi connectivity index (χ1v) is 6.00. The maximum Gasteiger partial charge on any atom is 0.319 e. The van der Waals surface area contributed by atoms with Gasteiger partial charge >= 0.3 is 6.03 Å². The number of carbonyl (C=O) groups excluding carboxylic acids is 1. The number of rotatable bonds is 4. The molecule has 0 saturated carbocycles. The molecule has 19 heavy (non-hydrogen) atoms. The molecule has 0 atom stereocenters. The molecule has 2 amide bonds. The Balaban J connectivity index is 1.89. The predicted octanol–water partition coefficient (Wildman–Crippen LogP) is 1.20. The predicted molar refractivity (Wildman–Crippen MR) is 73.4 cm³/mol. The van der Waals surface area contributed by atoms with Gasteiger partial charge in [0.15, 0.2) is 0 Å². The van der Waals surface area contributed by atoms with E-state index in [-0.39, 0.29) is 6.03 Å². The van der Waals surface area contributed by atoms with Gasteiger partial charge in [-0.1, -0.05) is 12.1 Å². The Morgan fingerprint density at radius 2 is 2.26 bits per heavy atom. The van der Waals surface area contributed by atoms with Gasteiger partial charge in [-0.25, -0.2) is 4.79 Å². The topological polar surface area (TPSA) is 85.0 Å². The normalized spacial score (nSPS) is 10.2. The number of urea groups is 1. The van der Waals surface area contributed by atoms with Gasteiger partial charge in [-0.15, -0.1) is 0 Å². The fraction of sp³-hybridized carbons (Fsp3) is 0.231. The summed E-state index contributed by atoms with van der Waals surface area (Å²) in [6.07, 6.45) is 1.69. The van der Waals surface area contributed by atoms with Crippen molar-refractivity contribution in [3.05, 3.63) is 47.8 Å². The van der Waals surface area contributed by atoms with E-state index < -0.39 is 0 Å². The number of nitrogens with zero attached hydrogens (tertiary/aromatic N) is 2. The summed E-state index contributed by atoms with van der Waals surface area (Å²) in [5.41, 5.74) is 8.19. The second-order valence-electron chi connectivity index (χ2n) is 4.16. The van der Waals surface area contributed by atoms with Crippen LogP contribution in [0.4, 0.5) is 10.5 Å². The van der Waals surface area contributed by atoms with E-state index in [9.17, 15) is 4.79 Å². The van der Waals surface area contributed by atoms with Crippen LogP contribution in [-0.4, -0.2) is 15.8 Å². The molecule has 1 heterocycles. The molecule has 1 aromatic carbocycles. The molecule has 0 unspecified atom stereocenters. The summed E-state index contributed by atoms with van der Waals surface area (Å²) in [5.74, 6) is 0. The molecular weight excluding hydrogens is 242 g/mol. The number of hydrogen-bond donors (Lipinski definition) is 3. The molecule has 0 aliphatic carbocycles. The van der Waals surface area contributed by atoms with Crippen molar-refractivity contribution in [2.75, 3.05) is 5.32 Å². The van der Waals surface area contributed by atoms with Crippen LogP contribution in [0.5, 0.6) is 0 Å². The Labute approximate surface area is 111 Å². The molecule has 6 nitrogen and oxygen atoms in total. The number of nitrogens with one attached hydrogen (secondary N) is 2. The number of nitrogens with two attached hydrogens (primary N) is 1. The molecular formula is C13H17N5O. The molecule has 4 N–H and O–H groups in total. The van der Waals surface area contributed by atoms with E-state index in [1.54, 1.807) is 10.9 Å². The monoisotopic (exact) mass is 259 g/mol. The highest BCUT2D eigenvalue weighted by Gasteiger charge is 2.04. The molecule has 0 bridgehead atoms. The Morgan fingerprint density at radius 3 is 2.95 bits per heavy atom. The lowest BCUT2D eigenvalue weighted by Gasteiger charge is -2.08. The van der Waals surface area contributed by atoms with Crippen molar-refractivity contribution in [2.24, 2.45) is 12.8 Å². The van der Waals surface area contributed by atoms with E-state index in [2.05, 4.69) is 15.7 Å². The van der Waals surface area contributed by atoms with Crippen molar-refractivity contribution < 1.29 is 4.79 Å². The summed E-state index contributed by atoms with van der Waals surface area (Å²) in [4.78, 5) is 11.7. The van der Waals surface area contributed by atoms with Gasteiger partial charge < -0.3 is 16.4 Å². The lowest BCUT2D eigenvalue weighted by Crippen LogP contribution is -2.29. The van der Waals surface area contributed by atoms with Crippen LogP contribution in [0, 0.1) is 0 Å². The molecule has 0 aliphatic heterocycles. The van der Waals surface area contributed by atoms with Gasteiger partial charge in [-0.3, -0.25) is 4.68 Å². The van der Waals surface area contributed by atoms with Crippen LogP contribution in [0.2, 0.25) is 0 Å². The Morgan fingerprint density at radius 1 is 1.42 bits per heavy atom. The van der Waals surface area contributed by atoms with Crippen LogP contribution < -0.4 is 16.4 Å². The van der Waals surface area contributed by atoms with Gasteiger partial charge in [0.25, 0.3) is 0 Å². The van der Waals surface area contributed by atoms with Crippen LogP contribution >= 0.6 is 0 Å². The summed E-state index contributed by atoms with van der Waals surface area (Å²) in [5, 5.41) is 9.57. The van der Waals surface area contributed by atoms with Crippen molar-refractivity contribution in [2.45, 2.75) is 13.1 Å². The number of anilines is 1. The highest BCUT2D eigenvalue weighted by Crippen LogP contribution is 2.09. The lowest BCUT2D eigenvalue weighted by molar-refractivity contribution is 0.251. The molecule has 1 aromatic heterocycles. The number of carbonyl (C=O) groups is 1. The van der Waals surface area contributed by atoms with Gasteiger partial charge in [-0.05, 0) is 23.8 Å². The summed E-state index contributed by atoms with van der Waals surface area (Å²) in [6.45, 7) is 0.880. The zero-order chi connectivity index (χ0) is 13.7. The molecule has 100 valence electrons. The maximum absolute atomic E-state index is 11.7. The largest absolute Gasteiger partial charge is 0.332 e. The first-order valence-electron chi connectivity index (χ1n) is 6.00. The fourth-order valence-electron chi connectivity index (χ4n) is 1.70. The first-order chi connectivity index (χ1) is 9.19. The second-order valence-corrected chi connectivity index (χ2v) is 4.16. The molecule has 2 aromatic rings. The molecule has 0 spiro atoms. The third-order valence-electron chi connectivity index (χ3n) is 2.77. The number of aryl methyl sites for hydroxylation is 1. The highest BCUT2D eigenvalue weighted by molar-refractivity contribution is 5.89. The van der Waals surface area contributed by atoms with E-state index in [0.717, 1.165) is 16.9 Å². The molecule has 0 aliphatic rings. The van der Waals surface area contributed by atoms with Crippen LogP contribution in [0.1, 0.15) is 11.3 Å². The standard InChI is InChI=1S/C13H17N5O/c1-18-12(5-6-16-18)9-15-13(19)17-11-4-2-3-10(7-11)8-14/h2-7H,8-9,14H2,1H3,(H2,15,17,19). The molecule has 0 saturated heterocycles. The van der Waals surface area contributed by atoms with E-state index in [4.69, 9.17) is 5.73 Å². The number of hydrogen-bond acceptors (Lipinski definition) is 3. The van der Waals surface area contributed by atoms with Gasteiger partial charge in [0, 0.05) is 25.5 Å². The summed E-state index contributed by atoms with van der Waals surface area (Å²) in [7, 11) is 1.83. The SMILES string of the molecule is Cn1nccc1CNC(=O)Nc1cccc(CN)c1. The maximum atomic E-state index is 11.7. The number of amides is 2.